The fourth-order valence-corrected chi connectivity index (χ4v) is 9.55. The minimum Gasteiger partial charge on any atom is -0.497 e. The summed E-state index contributed by atoms with van der Waals surface area (Å²) in [6, 6.07) is 36.1. The highest BCUT2D eigenvalue weighted by atomic mass is 16.5. The molecule has 1 atom stereocenters. The lowest BCUT2D eigenvalue weighted by atomic mass is 9.66. The van der Waals surface area contributed by atoms with Gasteiger partial charge >= 0.3 is 0 Å². The monoisotopic (exact) mass is 602 g/mol. The summed E-state index contributed by atoms with van der Waals surface area (Å²) in [5.41, 5.74) is 10.1. The van der Waals surface area contributed by atoms with Crippen LogP contribution in [-0.4, -0.2) is 7.11 Å². The highest BCUT2D eigenvalue weighted by Gasteiger charge is 2.48. The Labute approximate surface area is 273 Å². The Morgan fingerprint density at radius 2 is 1.33 bits per heavy atom. The van der Waals surface area contributed by atoms with Gasteiger partial charge in [0.2, 0.25) is 0 Å². The van der Waals surface area contributed by atoms with Crippen LogP contribution in [0.2, 0.25) is 0 Å². The first-order valence-electron chi connectivity index (χ1n) is 17.5. The lowest BCUT2D eigenvalue weighted by Crippen LogP contribution is -2.35. The van der Waals surface area contributed by atoms with Crippen LogP contribution in [-0.2, 0) is 11.0 Å². The van der Waals surface area contributed by atoms with E-state index in [1.165, 1.54) is 114 Å². The van der Waals surface area contributed by atoms with Gasteiger partial charge in [-0.05, 0) is 83.0 Å². The van der Waals surface area contributed by atoms with Crippen LogP contribution in [0.1, 0.15) is 104 Å². The molecule has 2 saturated carbocycles. The molecule has 5 aromatic carbocycles. The summed E-state index contributed by atoms with van der Waals surface area (Å²) in [6.45, 7) is 0. The number of benzene rings is 5. The van der Waals surface area contributed by atoms with Crippen LogP contribution in [0, 0.1) is 0 Å². The first kappa shape index (κ1) is 28.0. The van der Waals surface area contributed by atoms with E-state index in [-0.39, 0.29) is 5.41 Å². The Balaban J connectivity index is 1.27. The quantitative estimate of drug-likeness (QED) is 0.204. The van der Waals surface area contributed by atoms with Crippen molar-refractivity contribution in [2.45, 2.75) is 81.1 Å². The average Bonchev–Trinajstić information content (AvgIpc) is 3.41. The molecule has 1 aliphatic heterocycles. The molecule has 2 nitrogen and oxygen atoms in total. The van der Waals surface area contributed by atoms with Gasteiger partial charge in [0.05, 0.1) is 7.11 Å². The molecule has 1 spiro atoms. The maximum absolute atomic E-state index is 7.59. The topological polar surface area (TPSA) is 18.5 Å². The van der Waals surface area contributed by atoms with Gasteiger partial charge in [-0.3, -0.25) is 0 Å². The Kier molecular flexibility index (Phi) is 6.63. The molecule has 2 heteroatoms. The van der Waals surface area contributed by atoms with Crippen molar-refractivity contribution < 1.29 is 9.47 Å². The van der Waals surface area contributed by atoms with Gasteiger partial charge in [0.15, 0.2) is 5.60 Å². The van der Waals surface area contributed by atoms with Crippen LogP contribution in [0.15, 0.2) is 103 Å². The van der Waals surface area contributed by atoms with Crippen LogP contribution >= 0.6 is 0 Å². The lowest BCUT2D eigenvalue weighted by Gasteiger charge is -2.41. The van der Waals surface area contributed by atoms with E-state index in [2.05, 4.69) is 109 Å². The number of hydrogen-bond acceptors (Lipinski definition) is 2. The van der Waals surface area contributed by atoms with E-state index in [0.29, 0.717) is 5.92 Å². The summed E-state index contributed by atoms with van der Waals surface area (Å²) in [5.74, 6) is 2.54. The third-order valence-corrected chi connectivity index (χ3v) is 11.8. The number of fused-ring (bicyclic) bond motifs is 10. The van der Waals surface area contributed by atoms with Gasteiger partial charge in [0.25, 0.3) is 0 Å². The van der Waals surface area contributed by atoms with Crippen molar-refractivity contribution in [3.63, 3.8) is 0 Å². The van der Waals surface area contributed by atoms with Crippen LogP contribution in [0.3, 0.4) is 0 Å². The summed E-state index contributed by atoms with van der Waals surface area (Å²) < 4.78 is 13.2. The van der Waals surface area contributed by atoms with Crippen molar-refractivity contribution in [2.75, 3.05) is 7.11 Å². The highest BCUT2D eigenvalue weighted by Crippen LogP contribution is 2.62. The zero-order valence-electron chi connectivity index (χ0n) is 26.9. The second-order valence-corrected chi connectivity index (χ2v) is 14.1. The molecule has 1 heterocycles. The van der Waals surface area contributed by atoms with Crippen molar-refractivity contribution in [3.8, 4) is 22.6 Å². The van der Waals surface area contributed by atoms with E-state index in [1.54, 1.807) is 7.11 Å². The van der Waals surface area contributed by atoms with Crippen LogP contribution < -0.4 is 9.47 Å². The van der Waals surface area contributed by atoms with Gasteiger partial charge in [-0.2, -0.15) is 0 Å². The van der Waals surface area contributed by atoms with Crippen molar-refractivity contribution in [1.29, 1.82) is 0 Å². The predicted octanol–water partition coefficient (Wildman–Crippen LogP) is 11.5. The van der Waals surface area contributed by atoms with E-state index >= 15 is 0 Å². The third-order valence-electron chi connectivity index (χ3n) is 11.8. The molecule has 9 rings (SSSR count). The fourth-order valence-electron chi connectivity index (χ4n) is 9.55. The first-order chi connectivity index (χ1) is 22.7. The Bertz CT molecular complexity index is 1950. The van der Waals surface area contributed by atoms with Crippen molar-refractivity contribution >= 4 is 16.8 Å². The molecule has 1 unspecified atom stereocenters. The summed E-state index contributed by atoms with van der Waals surface area (Å²) in [4.78, 5) is 0. The molecule has 46 heavy (non-hydrogen) atoms. The molecule has 0 N–H and O–H groups in total. The van der Waals surface area contributed by atoms with E-state index < -0.39 is 5.60 Å². The number of hydrogen-bond donors (Lipinski definition) is 0. The van der Waals surface area contributed by atoms with Gasteiger partial charge in [-0.15, -0.1) is 0 Å². The molecule has 230 valence electrons. The molecule has 3 aliphatic carbocycles. The smallest absolute Gasteiger partial charge is 0.178 e. The maximum Gasteiger partial charge on any atom is 0.178 e. The summed E-state index contributed by atoms with van der Waals surface area (Å²) in [5, 5.41) is 2.50. The average molecular weight is 603 g/mol. The second kappa shape index (κ2) is 10.9. The highest BCUT2D eigenvalue weighted by molar-refractivity contribution is 6.08. The summed E-state index contributed by atoms with van der Waals surface area (Å²) >= 11 is 0. The summed E-state index contributed by atoms with van der Waals surface area (Å²) in [6.07, 6.45) is 17.7. The molecule has 4 aliphatic rings. The molecular weight excluding hydrogens is 560 g/mol. The molecule has 0 amide bonds. The molecule has 0 aromatic heterocycles. The zero-order valence-corrected chi connectivity index (χ0v) is 26.9. The van der Waals surface area contributed by atoms with Crippen molar-refractivity contribution in [1.82, 2.24) is 0 Å². The van der Waals surface area contributed by atoms with Crippen molar-refractivity contribution in [3.05, 3.63) is 137 Å². The first-order valence-corrected chi connectivity index (χ1v) is 17.5. The van der Waals surface area contributed by atoms with Gasteiger partial charge in [0.1, 0.15) is 11.5 Å². The Morgan fingerprint density at radius 3 is 2.07 bits per heavy atom. The zero-order chi connectivity index (χ0) is 30.7. The SMILES string of the molecule is COc1ccc(C2(c3ccc(C4CCCCC4)cc3)C=Cc3c4c(c5ccccc5c3O2)-c2ccccc2C42CCCCC2)cc1. The third kappa shape index (κ3) is 4.08. The number of methoxy groups -OCH3 is 1. The molecular formula is C44H42O2. The fraction of sp³-hybridized carbons (Fsp3) is 0.318. The van der Waals surface area contributed by atoms with E-state index in [4.69, 9.17) is 9.47 Å². The minimum absolute atomic E-state index is 0.0355. The minimum atomic E-state index is -0.757. The van der Waals surface area contributed by atoms with Crippen LogP contribution in [0.5, 0.6) is 11.5 Å². The van der Waals surface area contributed by atoms with E-state index in [9.17, 15) is 0 Å². The Hall–Kier alpha value is -4.30. The van der Waals surface area contributed by atoms with Gasteiger partial charge < -0.3 is 9.47 Å². The van der Waals surface area contributed by atoms with Crippen LogP contribution in [0.4, 0.5) is 0 Å². The second-order valence-electron chi connectivity index (χ2n) is 14.1. The van der Waals surface area contributed by atoms with Crippen LogP contribution in [0.25, 0.3) is 28.0 Å². The normalized spacial score (nSPS) is 21.4. The number of ether oxygens (including phenoxy) is 2. The van der Waals surface area contributed by atoms with E-state index in [0.717, 1.165) is 17.1 Å². The molecule has 5 aromatic rings. The van der Waals surface area contributed by atoms with Gasteiger partial charge in [-0.25, -0.2) is 0 Å². The molecule has 0 bridgehead atoms. The summed E-state index contributed by atoms with van der Waals surface area (Å²) in [7, 11) is 1.73. The molecule has 2 fully saturated rings. The molecule has 0 saturated heterocycles. The van der Waals surface area contributed by atoms with Gasteiger partial charge in [-0.1, -0.05) is 130 Å². The Morgan fingerprint density at radius 1 is 0.674 bits per heavy atom. The molecule has 0 radical (unpaired) electrons. The number of rotatable bonds is 4. The maximum atomic E-state index is 7.59. The standard InChI is InChI=1S/C44H42O2/c1-45-34-24-22-33(23-25-34)44(32-20-18-31(19-21-32)30-12-4-2-5-13-30)29-26-38-41-40(35-14-6-7-15-36(35)42(38)46-44)37-16-8-9-17-39(37)43(41)27-10-3-11-28-43/h6-9,14-26,29-30H,2-5,10-13,27-28H2,1H3. The largest absolute Gasteiger partial charge is 0.497 e. The predicted molar refractivity (Wildman–Crippen MR) is 189 cm³/mol. The van der Waals surface area contributed by atoms with Crippen molar-refractivity contribution in [2.24, 2.45) is 0 Å². The lowest BCUT2D eigenvalue weighted by molar-refractivity contribution is 0.163. The van der Waals surface area contributed by atoms with E-state index in [1.807, 2.05) is 0 Å². The van der Waals surface area contributed by atoms with Gasteiger partial charge in [0, 0.05) is 27.5 Å².